The zero-order chi connectivity index (χ0) is 16.4. The fraction of sp³-hybridized carbons (Fsp3) is 0.412. The zero-order valence-electron chi connectivity index (χ0n) is 13.6. The molecular formula is C17H19N5O2. The Bertz CT molecular complexity index is 798. The van der Waals surface area contributed by atoms with E-state index in [1.165, 1.54) is 0 Å². The highest BCUT2D eigenvalue weighted by Gasteiger charge is 2.32. The van der Waals surface area contributed by atoms with Gasteiger partial charge in [-0.15, -0.1) is 10.2 Å². The highest BCUT2D eigenvalue weighted by atomic mass is 16.5. The molecule has 1 fully saturated rings. The number of benzene rings is 1. The van der Waals surface area contributed by atoms with Crippen molar-refractivity contribution < 1.29 is 8.94 Å². The fourth-order valence-corrected chi connectivity index (χ4v) is 3.04. The Hall–Kier alpha value is -2.54. The van der Waals surface area contributed by atoms with Crippen LogP contribution in [0.5, 0.6) is 0 Å². The van der Waals surface area contributed by atoms with Crippen LogP contribution in [0, 0.1) is 0 Å². The molecule has 0 saturated carbocycles. The van der Waals surface area contributed by atoms with Crippen LogP contribution < -0.4 is 0 Å². The van der Waals surface area contributed by atoms with Crippen molar-refractivity contribution in [1.29, 1.82) is 0 Å². The summed E-state index contributed by atoms with van der Waals surface area (Å²) in [5.41, 5.74) is 0.960. The molecular weight excluding hydrogens is 306 g/mol. The normalized spacial score (nSPS) is 18.3. The standard InChI is InChI=1S/C17H19N5O2/c1-2-14-19-20-15(23-14)11-22-10-6-9-13(22)17-18-16(21-24-17)12-7-4-3-5-8-12/h3-5,7-8,13H,2,6,9-11H2,1H3. The van der Waals surface area contributed by atoms with E-state index in [4.69, 9.17) is 8.94 Å². The lowest BCUT2D eigenvalue weighted by Gasteiger charge is -2.19. The summed E-state index contributed by atoms with van der Waals surface area (Å²) in [6, 6.07) is 9.96. The van der Waals surface area contributed by atoms with Gasteiger partial charge in [0.25, 0.3) is 0 Å². The third kappa shape index (κ3) is 2.94. The van der Waals surface area contributed by atoms with Crippen LogP contribution in [0.4, 0.5) is 0 Å². The predicted molar refractivity (Wildman–Crippen MR) is 85.8 cm³/mol. The van der Waals surface area contributed by atoms with E-state index in [0.29, 0.717) is 30.0 Å². The Labute approximate surface area is 139 Å². The Morgan fingerprint density at radius 3 is 2.79 bits per heavy atom. The van der Waals surface area contributed by atoms with Crippen LogP contribution in [0.2, 0.25) is 0 Å². The van der Waals surface area contributed by atoms with E-state index in [1.54, 1.807) is 0 Å². The number of hydrogen-bond acceptors (Lipinski definition) is 7. The van der Waals surface area contributed by atoms with E-state index in [0.717, 1.165) is 31.4 Å². The molecule has 0 N–H and O–H groups in total. The number of rotatable bonds is 5. The van der Waals surface area contributed by atoms with Crippen LogP contribution in [0.15, 0.2) is 39.3 Å². The average Bonchev–Trinajstić information content (AvgIpc) is 3.36. The maximum atomic E-state index is 5.62. The summed E-state index contributed by atoms with van der Waals surface area (Å²) in [6.07, 6.45) is 2.83. The van der Waals surface area contributed by atoms with Gasteiger partial charge >= 0.3 is 0 Å². The maximum Gasteiger partial charge on any atom is 0.244 e. The van der Waals surface area contributed by atoms with Gasteiger partial charge in [0.15, 0.2) is 0 Å². The molecule has 1 aromatic carbocycles. The van der Waals surface area contributed by atoms with Gasteiger partial charge in [0.05, 0.1) is 12.6 Å². The molecule has 1 aliphatic heterocycles. The van der Waals surface area contributed by atoms with Crippen molar-refractivity contribution >= 4 is 0 Å². The van der Waals surface area contributed by atoms with Crippen LogP contribution in [0.3, 0.4) is 0 Å². The molecule has 0 radical (unpaired) electrons. The molecule has 3 aromatic rings. The van der Waals surface area contributed by atoms with Crippen LogP contribution in [-0.2, 0) is 13.0 Å². The second kappa shape index (κ2) is 6.52. The van der Waals surface area contributed by atoms with E-state index < -0.39 is 0 Å². The van der Waals surface area contributed by atoms with Gasteiger partial charge in [-0.05, 0) is 19.4 Å². The van der Waals surface area contributed by atoms with Gasteiger partial charge in [-0.2, -0.15) is 4.98 Å². The van der Waals surface area contributed by atoms with Gasteiger partial charge < -0.3 is 8.94 Å². The molecule has 1 unspecified atom stereocenters. The summed E-state index contributed by atoms with van der Waals surface area (Å²) < 4.78 is 11.2. The van der Waals surface area contributed by atoms with Gasteiger partial charge in [0.2, 0.25) is 23.5 Å². The number of likely N-dealkylation sites (tertiary alicyclic amines) is 1. The molecule has 7 nitrogen and oxygen atoms in total. The van der Waals surface area contributed by atoms with E-state index in [9.17, 15) is 0 Å². The van der Waals surface area contributed by atoms with Gasteiger partial charge in [-0.3, -0.25) is 4.90 Å². The predicted octanol–water partition coefficient (Wildman–Crippen LogP) is 3.02. The quantitative estimate of drug-likeness (QED) is 0.713. The van der Waals surface area contributed by atoms with Gasteiger partial charge in [0, 0.05) is 12.0 Å². The maximum absolute atomic E-state index is 5.62. The molecule has 7 heteroatoms. The summed E-state index contributed by atoms with van der Waals surface area (Å²) in [6.45, 7) is 3.57. The van der Waals surface area contributed by atoms with E-state index in [-0.39, 0.29) is 6.04 Å². The minimum atomic E-state index is 0.104. The van der Waals surface area contributed by atoms with Crippen LogP contribution in [-0.4, -0.2) is 31.8 Å². The van der Waals surface area contributed by atoms with Crippen molar-refractivity contribution in [2.45, 2.75) is 38.8 Å². The molecule has 2 aromatic heterocycles. The van der Waals surface area contributed by atoms with Gasteiger partial charge in [-0.25, -0.2) is 0 Å². The highest BCUT2D eigenvalue weighted by molar-refractivity contribution is 5.53. The average molecular weight is 325 g/mol. The van der Waals surface area contributed by atoms with Crippen molar-refractivity contribution in [1.82, 2.24) is 25.2 Å². The topological polar surface area (TPSA) is 81.1 Å². The third-order valence-corrected chi connectivity index (χ3v) is 4.27. The van der Waals surface area contributed by atoms with Crippen molar-refractivity contribution in [2.75, 3.05) is 6.54 Å². The first-order chi connectivity index (χ1) is 11.8. The summed E-state index contributed by atoms with van der Waals surface area (Å²) >= 11 is 0. The first kappa shape index (κ1) is 15.0. The van der Waals surface area contributed by atoms with Gasteiger partial charge in [0.1, 0.15) is 0 Å². The second-order valence-electron chi connectivity index (χ2n) is 5.89. The molecule has 1 aliphatic rings. The molecule has 1 atom stereocenters. The molecule has 24 heavy (non-hydrogen) atoms. The largest absolute Gasteiger partial charge is 0.424 e. The summed E-state index contributed by atoms with van der Waals surface area (Å²) in [4.78, 5) is 6.85. The van der Waals surface area contributed by atoms with E-state index >= 15 is 0 Å². The smallest absolute Gasteiger partial charge is 0.244 e. The molecule has 1 saturated heterocycles. The van der Waals surface area contributed by atoms with Crippen molar-refractivity contribution in [3.05, 3.63) is 48.0 Å². The molecule has 4 rings (SSSR count). The number of hydrogen-bond donors (Lipinski definition) is 0. The number of aryl methyl sites for hydroxylation is 1. The van der Waals surface area contributed by atoms with Crippen LogP contribution >= 0.6 is 0 Å². The zero-order valence-corrected chi connectivity index (χ0v) is 13.6. The monoisotopic (exact) mass is 325 g/mol. The molecule has 3 heterocycles. The van der Waals surface area contributed by atoms with E-state index in [2.05, 4.69) is 25.2 Å². The van der Waals surface area contributed by atoms with Crippen molar-refractivity contribution in [3.8, 4) is 11.4 Å². The summed E-state index contributed by atoms with van der Waals surface area (Å²) in [5.74, 6) is 2.59. The molecule has 0 amide bonds. The minimum Gasteiger partial charge on any atom is -0.424 e. The number of aromatic nitrogens is 4. The van der Waals surface area contributed by atoms with Crippen molar-refractivity contribution in [3.63, 3.8) is 0 Å². The fourth-order valence-electron chi connectivity index (χ4n) is 3.04. The van der Waals surface area contributed by atoms with Crippen LogP contribution in [0.1, 0.15) is 43.5 Å². The van der Waals surface area contributed by atoms with E-state index in [1.807, 2.05) is 37.3 Å². The van der Waals surface area contributed by atoms with Gasteiger partial charge in [-0.1, -0.05) is 42.4 Å². The SMILES string of the molecule is CCc1nnc(CN2CCCC2c2nc(-c3ccccc3)no2)o1. The lowest BCUT2D eigenvalue weighted by Crippen LogP contribution is -2.23. The summed E-state index contributed by atoms with van der Waals surface area (Å²) in [7, 11) is 0. The minimum absolute atomic E-state index is 0.104. The molecule has 0 spiro atoms. The highest BCUT2D eigenvalue weighted by Crippen LogP contribution is 2.33. The first-order valence-electron chi connectivity index (χ1n) is 8.28. The Kier molecular flexibility index (Phi) is 4.08. The lowest BCUT2D eigenvalue weighted by atomic mass is 10.2. The molecule has 0 bridgehead atoms. The summed E-state index contributed by atoms with van der Waals surface area (Å²) in [5, 5.41) is 12.3. The molecule has 0 aliphatic carbocycles. The van der Waals surface area contributed by atoms with Crippen molar-refractivity contribution in [2.24, 2.45) is 0 Å². The lowest BCUT2D eigenvalue weighted by molar-refractivity contribution is 0.184. The third-order valence-electron chi connectivity index (χ3n) is 4.27. The second-order valence-corrected chi connectivity index (χ2v) is 5.89. The Morgan fingerprint density at radius 2 is 2.00 bits per heavy atom. The molecule has 124 valence electrons. The Balaban J connectivity index is 1.51. The van der Waals surface area contributed by atoms with Crippen LogP contribution in [0.25, 0.3) is 11.4 Å². The first-order valence-corrected chi connectivity index (χ1v) is 8.28. The number of nitrogens with zero attached hydrogens (tertiary/aromatic N) is 5. The Morgan fingerprint density at radius 1 is 1.17 bits per heavy atom.